The Bertz CT molecular complexity index is 264. The number of hydrogen-bond acceptors (Lipinski definition) is 0. The van der Waals surface area contributed by atoms with E-state index >= 15 is 0 Å². The second kappa shape index (κ2) is 6.42. The van der Waals surface area contributed by atoms with Gasteiger partial charge in [-0.25, -0.2) is 0 Å². The van der Waals surface area contributed by atoms with Gasteiger partial charge in [0.15, 0.2) is 0 Å². The molecule has 0 aliphatic carbocycles. The largest absolute Gasteiger partial charge is 0.0999 e. The Morgan fingerprint density at radius 2 is 1.79 bits per heavy atom. The van der Waals surface area contributed by atoms with Crippen LogP contribution in [-0.2, 0) is 0 Å². The van der Waals surface area contributed by atoms with Gasteiger partial charge in [0.2, 0.25) is 0 Å². The third-order valence-corrected chi connectivity index (χ3v) is 2.34. The highest BCUT2D eigenvalue weighted by Crippen LogP contribution is 2.18. The molecule has 0 fully saturated rings. The van der Waals surface area contributed by atoms with Gasteiger partial charge in [-0.2, -0.15) is 0 Å². The molecule has 0 amide bonds. The fourth-order valence-corrected chi connectivity index (χ4v) is 1.06. The molecule has 0 aromatic carbocycles. The lowest BCUT2D eigenvalue weighted by atomic mass is 9.95. The Kier molecular flexibility index (Phi) is 5.94. The molecule has 0 radical (unpaired) electrons. The molecule has 0 heteroatoms. The smallest absolute Gasteiger partial charge is 0.0197 e. The molecular weight excluding hydrogens is 168 g/mol. The first kappa shape index (κ1) is 13.0. The van der Waals surface area contributed by atoms with Gasteiger partial charge in [0, 0.05) is 0 Å². The highest BCUT2D eigenvalue weighted by molar-refractivity contribution is 5.26. The summed E-state index contributed by atoms with van der Waals surface area (Å²) in [6.07, 6.45) is 7.41. The zero-order chi connectivity index (χ0) is 11.1. The van der Waals surface area contributed by atoms with Gasteiger partial charge in [0.25, 0.3) is 0 Å². The maximum Gasteiger partial charge on any atom is -0.0197 e. The van der Waals surface area contributed by atoms with Crippen LogP contribution < -0.4 is 0 Å². The second-order valence-electron chi connectivity index (χ2n) is 3.99. The van der Waals surface area contributed by atoms with E-state index in [4.69, 9.17) is 0 Å². The first-order chi connectivity index (χ1) is 6.47. The normalized spacial score (nSPS) is 14.4. The average molecular weight is 190 g/mol. The molecule has 0 aromatic rings. The summed E-state index contributed by atoms with van der Waals surface area (Å²) in [7, 11) is 0. The summed E-state index contributed by atoms with van der Waals surface area (Å²) in [5.74, 6) is 0.552. The molecule has 1 atom stereocenters. The van der Waals surface area contributed by atoms with Gasteiger partial charge in [0.1, 0.15) is 0 Å². The summed E-state index contributed by atoms with van der Waals surface area (Å²) in [6.45, 7) is 16.2. The molecule has 78 valence electrons. The van der Waals surface area contributed by atoms with Crippen LogP contribution in [0.15, 0.2) is 48.1 Å². The van der Waals surface area contributed by atoms with E-state index in [1.165, 1.54) is 11.1 Å². The van der Waals surface area contributed by atoms with Gasteiger partial charge in [-0.1, -0.05) is 55.0 Å². The molecule has 0 N–H and O–H groups in total. The van der Waals surface area contributed by atoms with Crippen molar-refractivity contribution in [2.24, 2.45) is 5.92 Å². The molecule has 0 nitrogen and oxygen atoms in total. The Morgan fingerprint density at radius 3 is 2.14 bits per heavy atom. The maximum atomic E-state index is 3.97. The predicted octanol–water partition coefficient (Wildman–Crippen LogP) is 4.67. The first-order valence-corrected chi connectivity index (χ1v) is 5.11. The fourth-order valence-electron chi connectivity index (χ4n) is 1.06. The minimum Gasteiger partial charge on any atom is -0.0999 e. The molecule has 0 aliphatic heterocycles. The van der Waals surface area contributed by atoms with Gasteiger partial charge < -0.3 is 0 Å². The summed E-state index contributed by atoms with van der Waals surface area (Å²) in [4.78, 5) is 0. The molecule has 0 aliphatic rings. The summed E-state index contributed by atoms with van der Waals surface area (Å²) in [5, 5.41) is 0. The van der Waals surface area contributed by atoms with Gasteiger partial charge in [-0.3, -0.25) is 0 Å². The standard InChI is InChI=1S/C14H22/c1-7-14(9-8-11(2)3)10-13(6)12(4)5/h7-9,13H,2,4,10H2,1,3,5-6H3/b9-8-,14-7+. The van der Waals surface area contributed by atoms with Crippen LogP contribution in [0.3, 0.4) is 0 Å². The van der Waals surface area contributed by atoms with Crippen LogP contribution in [0, 0.1) is 5.92 Å². The van der Waals surface area contributed by atoms with Crippen molar-refractivity contribution in [3.8, 4) is 0 Å². The Hall–Kier alpha value is -1.04. The van der Waals surface area contributed by atoms with Crippen molar-refractivity contribution in [3.05, 3.63) is 48.1 Å². The molecule has 0 saturated heterocycles. The van der Waals surface area contributed by atoms with Crippen molar-refractivity contribution in [2.75, 3.05) is 0 Å². The summed E-state index contributed by atoms with van der Waals surface area (Å²) in [5.41, 5.74) is 3.68. The van der Waals surface area contributed by atoms with E-state index in [1.807, 2.05) is 6.92 Å². The van der Waals surface area contributed by atoms with Crippen molar-refractivity contribution in [1.82, 2.24) is 0 Å². The lowest BCUT2D eigenvalue weighted by Gasteiger charge is -2.11. The molecule has 0 saturated carbocycles. The molecular formula is C14H22. The number of hydrogen-bond donors (Lipinski definition) is 0. The van der Waals surface area contributed by atoms with Gasteiger partial charge in [-0.05, 0) is 33.1 Å². The van der Waals surface area contributed by atoms with Crippen LogP contribution in [0.4, 0.5) is 0 Å². The highest BCUT2D eigenvalue weighted by atomic mass is 14.1. The van der Waals surface area contributed by atoms with Crippen molar-refractivity contribution in [3.63, 3.8) is 0 Å². The third kappa shape index (κ3) is 5.58. The maximum absolute atomic E-state index is 3.97. The fraction of sp³-hybridized carbons (Fsp3) is 0.429. The van der Waals surface area contributed by atoms with E-state index in [-0.39, 0.29) is 0 Å². The molecule has 14 heavy (non-hydrogen) atoms. The topological polar surface area (TPSA) is 0 Å². The van der Waals surface area contributed by atoms with Crippen molar-refractivity contribution in [2.45, 2.75) is 34.1 Å². The van der Waals surface area contributed by atoms with Gasteiger partial charge >= 0.3 is 0 Å². The summed E-state index contributed by atoms with van der Waals surface area (Å²) in [6, 6.07) is 0. The zero-order valence-electron chi connectivity index (χ0n) is 9.93. The average Bonchev–Trinajstić information content (AvgIpc) is 2.11. The molecule has 0 spiro atoms. The van der Waals surface area contributed by atoms with Crippen LogP contribution in [0.1, 0.15) is 34.1 Å². The summed E-state index contributed by atoms with van der Waals surface area (Å²) < 4.78 is 0. The second-order valence-corrected chi connectivity index (χ2v) is 3.99. The zero-order valence-corrected chi connectivity index (χ0v) is 9.93. The highest BCUT2D eigenvalue weighted by Gasteiger charge is 2.03. The monoisotopic (exact) mass is 190 g/mol. The van der Waals surface area contributed by atoms with Crippen LogP contribution in [-0.4, -0.2) is 0 Å². The van der Waals surface area contributed by atoms with E-state index in [1.54, 1.807) is 0 Å². The molecule has 0 bridgehead atoms. The Balaban J connectivity index is 4.32. The van der Waals surface area contributed by atoms with Gasteiger partial charge in [0.05, 0.1) is 0 Å². The molecule has 1 unspecified atom stereocenters. The minimum absolute atomic E-state index is 0.552. The Labute approximate surface area is 88.7 Å². The van der Waals surface area contributed by atoms with Crippen molar-refractivity contribution < 1.29 is 0 Å². The van der Waals surface area contributed by atoms with E-state index in [2.05, 4.69) is 52.2 Å². The Morgan fingerprint density at radius 1 is 1.21 bits per heavy atom. The van der Waals surface area contributed by atoms with Crippen LogP contribution in [0.5, 0.6) is 0 Å². The van der Waals surface area contributed by atoms with E-state index in [9.17, 15) is 0 Å². The van der Waals surface area contributed by atoms with Crippen LogP contribution in [0.2, 0.25) is 0 Å². The SMILES string of the molecule is C=C(C)/C=C\C(=C/C)CC(C)C(=C)C. The summed E-state index contributed by atoms with van der Waals surface area (Å²) >= 11 is 0. The predicted molar refractivity (Wildman–Crippen MR) is 66.3 cm³/mol. The molecule has 0 rings (SSSR count). The third-order valence-electron chi connectivity index (χ3n) is 2.34. The van der Waals surface area contributed by atoms with Crippen LogP contribution >= 0.6 is 0 Å². The quantitative estimate of drug-likeness (QED) is 0.436. The molecule has 0 heterocycles. The number of allylic oxidation sites excluding steroid dienone is 6. The van der Waals surface area contributed by atoms with Crippen LogP contribution in [0.25, 0.3) is 0 Å². The van der Waals surface area contributed by atoms with Crippen molar-refractivity contribution >= 4 is 0 Å². The van der Waals surface area contributed by atoms with Crippen molar-refractivity contribution in [1.29, 1.82) is 0 Å². The first-order valence-electron chi connectivity index (χ1n) is 5.11. The lowest BCUT2D eigenvalue weighted by Crippen LogP contribution is -1.96. The van der Waals surface area contributed by atoms with Gasteiger partial charge in [-0.15, -0.1) is 0 Å². The van der Waals surface area contributed by atoms with E-state index < -0.39 is 0 Å². The number of rotatable bonds is 5. The molecule has 0 aromatic heterocycles. The minimum atomic E-state index is 0.552. The van der Waals surface area contributed by atoms with E-state index in [0.717, 1.165) is 12.0 Å². The van der Waals surface area contributed by atoms with E-state index in [0.29, 0.717) is 5.92 Å². The lowest BCUT2D eigenvalue weighted by molar-refractivity contribution is 0.682.